The molecule has 0 amide bonds. The van der Waals surface area contributed by atoms with Crippen LogP contribution in [0.2, 0.25) is 0 Å². The Labute approximate surface area is 90.1 Å². The van der Waals surface area contributed by atoms with Crippen molar-refractivity contribution in [2.24, 2.45) is 0 Å². The number of nitriles is 1. The van der Waals surface area contributed by atoms with E-state index < -0.39 is 15.6 Å². The van der Waals surface area contributed by atoms with Gasteiger partial charge >= 0.3 is 0 Å². The van der Waals surface area contributed by atoms with Crippen molar-refractivity contribution in [1.82, 2.24) is 0 Å². The van der Waals surface area contributed by atoms with Crippen LogP contribution in [0.5, 0.6) is 0 Å². The van der Waals surface area contributed by atoms with E-state index in [0.717, 1.165) is 0 Å². The number of hydrogen-bond acceptors (Lipinski definition) is 4. The summed E-state index contributed by atoms with van der Waals surface area (Å²) >= 11 is 0. The van der Waals surface area contributed by atoms with Gasteiger partial charge in [0.15, 0.2) is 9.84 Å². The maximum atomic E-state index is 11.6. The molecular formula is C10H13NO3S. The molecule has 0 aromatic rings. The Morgan fingerprint density at radius 2 is 2.20 bits per heavy atom. The monoisotopic (exact) mass is 227 g/mol. The molecule has 0 atom stereocenters. The van der Waals surface area contributed by atoms with Gasteiger partial charge < -0.3 is 4.74 Å². The van der Waals surface area contributed by atoms with Gasteiger partial charge in [-0.05, 0) is 19.1 Å². The summed E-state index contributed by atoms with van der Waals surface area (Å²) in [6.07, 6.45) is 4.32. The van der Waals surface area contributed by atoms with Crippen molar-refractivity contribution < 1.29 is 13.2 Å². The Bertz CT molecular complexity index is 424. The second-order valence-electron chi connectivity index (χ2n) is 2.55. The normalized spacial score (nSPS) is 13.1. The molecule has 5 heteroatoms. The summed E-state index contributed by atoms with van der Waals surface area (Å²) in [5, 5.41) is 8.39. The van der Waals surface area contributed by atoms with Crippen LogP contribution in [0, 0.1) is 11.3 Å². The zero-order valence-corrected chi connectivity index (χ0v) is 9.54. The van der Waals surface area contributed by atoms with Crippen molar-refractivity contribution in [3.63, 3.8) is 0 Å². The molecule has 0 aromatic carbocycles. The first-order valence-corrected chi connectivity index (χ1v) is 5.81. The van der Waals surface area contributed by atoms with Gasteiger partial charge in [0.05, 0.1) is 13.2 Å². The van der Waals surface area contributed by atoms with E-state index in [1.807, 2.05) is 0 Å². The standard InChI is InChI=1S/C10H13NO3S/c1-4-6-9(14-3)10(5-2)15(12,13)8-7-11/h4-6H,2,8H2,1,3H3/b6-4-,10-9-. The summed E-state index contributed by atoms with van der Waals surface area (Å²) in [5.74, 6) is -0.401. The maximum absolute atomic E-state index is 11.6. The van der Waals surface area contributed by atoms with E-state index in [2.05, 4.69) is 6.58 Å². The Morgan fingerprint density at radius 1 is 1.60 bits per heavy atom. The summed E-state index contributed by atoms with van der Waals surface area (Å²) in [6.45, 7) is 5.13. The van der Waals surface area contributed by atoms with Gasteiger partial charge in [-0.1, -0.05) is 12.7 Å². The highest BCUT2D eigenvalue weighted by Crippen LogP contribution is 2.16. The Morgan fingerprint density at radius 3 is 2.53 bits per heavy atom. The molecule has 0 N–H and O–H groups in total. The molecule has 0 aliphatic heterocycles. The zero-order chi connectivity index (χ0) is 11.9. The quantitative estimate of drug-likeness (QED) is 0.528. The van der Waals surface area contributed by atoms with E-state index in [-0.39, 0.29) is 10.7 Å². The van der Waals surface area contributed by atoms with Gasteiger partial charge in [0.25, 0.3) is 0 Å². The van der Waals surface area contributed by atoms with Crippen LogP contribution in [-0.2, 0) is 14.6 Å². The molecule has 0 radical (unpaired) electrons. The van der Waals surface area contributed by atoms with Gasteiger partial charge in [-0.25, -0.2) is 8.42 Å². The third-order valence-electron chi connectivity index (χ3n) is 1.56. The van der Waals surface area contributed by atoms with Crippen LogP contribution < -0.4 is 0 Å². The van der Waals surface area contributed by atoms with Gasteiger partial charge in [-0.2, -0.15) is 5.26 Å². The number of allylic oxidation sites excluding steroid dienone is 3. The lowest BCUT2D eigenvalue weighted by molar-refractivity contribution is 0.305. The summed E-state index contributed by atoms with van der Waals surface area (Å²) in [5.41, 5.74) is 0. The van der Waals surface area contributed by atoms with Gasteiger partial charge in [-0.3, -0.25) is 0 Å². The molecule has 82 valence electrons. The third-order valence-corrected chi connectivity index (χ3v) is 3.10. The molecule has 4 nitrogen and oxygen atoms in total. The first kappa shape index (κ1) is 13.5. The third kappa shape index (κ3) is 3.60. The summed E-state index contributed by atoms with van der Waals surface area (Å²) in [6, 6.07) is 1.59. The average Bonchev–Trinajstić information content (AvgIpc) is 2.17. The molecule has 0 aliphatic rings. The summed E-state index contributed by atoms with van der Waals surface area (Å²) in [4.78, 5) is -0.0651. The van der Waals surface area contributed by atoms with E-state index in [1.165, 1.54) is 19.3 Å². The second-order valence-corrected chi connectivity index (χ2v) is 4.51. The number of hydrogen-bond donors (Lipinski definition) is 0. The van der Waals surface area contributed by atoms with Crippen molar-refractivity contribution in [3.8, 4) is 6.07 Å². The van der Waals surface area contributed by atoms with Gasteiger partial charge in [0, 0.05) is 0 Å². The molecule has 0 unspecified atom stereocenters. The number of rotatable bonds is 5. The Balaban J connectivity index is 5.59. The van der Waals surface area contributed by atoms with E-state index in [9.17, 15) is 8.42 Å². The van der Waals surface area contributed by atoms with Crippen LogP contribution in [0.4, 0.5) is 0 Å². The minimum Gasteiger partial charge on any atom is -0.495 e. The highest BCUT2D eigenvalue weighted by molar-refractivity contribution is 7.95. The number of ether oxygens (including phenoxy) is 1. The van der Waals surface area contributed by atoms with E-state index in [1.54, 1.807) is 19.1 Å². The van der Waals surface area contributed by atoms with Crippen molar-refractivity contribution in [2.45, 2.75) is 6.92 Å². The summed E-state index contributed by atoms with van der Waals surface area (Å²) < 4.78 is 28.1. The predicted octanol–water partition coefficient (Wildman–Crippen LogP) is 1.54. The van der Waals surface area contributed by atoms with E-state index >= 15 is 0 Å². The highest BCUT2D eigenvalue weighted by atomic mass is 32.2. The molecule has 0 saturated carbocycles. The largest absolute Gasteiger partial charge is 0.495 e. The van der Waals surface area contributed by atoms with E-state index in [0.29, 0.717) is 0 Å². The number of methoxy groups -OCH3 is 1. The minimum atomic E-state index is -3.63. The zero-order valence-electron chi connectivity index (χ0n) is 8.73. The SMILES string of the molecule is C=C/C(=C(\C=C/C)OC)S(=O)(=O)CC#N. The number of sulfone groups is 1. The fourth-order valence-electron chi connectivity index (χ4n) is 0.946. The van der Waals surface area contributed by atoms with Crippen molar-refractivity contribution in [3.05, 3.63) is 35.5 Å². The first-order chi connectivity index (χ1) is 7.03. The lowest BCUT2D eigenvalue weighted by Crippen LogP contribution is -2.09. The molecule has 0 spiro atoms. The van der Waals surface area contributed by atoms with Crippen molar-refractivity contribution >= 4 is 9.84 Å². The van der Waals surface area contributed by atoms with Crippen LogP contribution in [0.1, 0.15) is 6.92 Å². The second kappa shape index (κ2) is 6.04. The van der Waals surface area contributed by atoms with Gasteiger partial charge in [0.1, 0.15) is 16.4 Å². The van der Waals surface area contributed by atoms with Gasteiger partial charge in [0.2, 0.25) is 0 Å². The predicted molar refractivity (Wildman–Crippen MR) is 58.4 cm³/mol. The van der Waals surface area contributed by atoms with Crippen LogP contribution >= 0.6 is 0 Å². The van der Waals surface area contributed by atoms with Gasteiger partial charge in [-0.15, -0.1) is 0 Å². The topological polar surface area (TPSA) is 67.2 Å². The maximum Gasteiger partial charge on any atom is 0.195 e. The first-order valence-electron chi connectivity index (χ1n) is 4.16. The molecular weight excluding hydrogens is 214 g/mol. The molecule has 0 aromatic heterocycles. The molecule has 0 bridgehead atoms. The summed E-state index contributed by atoms with van der Waals surface area (Å²) in [7, 11) is -2.27. The fourth-order valence-corrected chi connectivity index (χ4v) is 1.98. The van der Waals surface area contributed by atoms with Crippen molar-refractivity contribution in [2.75, 3.05) is 12.9 Å². The van der Waals surface area contributed by atoms with Crippen LogP contribution in [0.3, 0.4) is 0 Å². The molecule has 0 saturated heterocycles. The van der Waals surface area contributed by atoms with Crippen LogP contribution in [-0.4, -0.2) is 21.3 Å². The average molecular weight is 227 g/mol. The Hall–Kier alpha value is -1.54. The van der Waals surface area contributed by atoms with Crippen molar-refractivity contribution in [1.29, 1.82) is 5.26 Å². The lowest BCUT2D eigenvalue weighted by Gasteiger charge is -2.06. The van der Waals surface area contributed by atoms with Crippen LogP contribution in [0.25, 0.3) is 0 Å². The molecule has 0 heterocycles. The molecule has 0 fully saturated rings. The molecule has 0 rings (SSSR count). The molecule has 0 aliphatic carbocycles. The lowest BCUT2D eigenvalue weighted by atomic mass is 10.4. The fraction of sp³-hybridized carbons (Fsp3) is 0.300. The van der Waals surface area contributed by atoms with E-state index in [4.69, 9.17) is 10.00 Å². The molecule has 15 heavy (non-hydrogen) atoms. The number of nitrogens with zero attached hydrogens (tertiary/aromatic N) is 1. The van der Waals surface area contributed by atoms with Crippen LogP contribution in [0.15, 0.2) is 35.5 Å². The highest BCUT2D eigenvalue weighted by Gasteiger charge is 2.18. The minimum absolute atomic E-state index is 0.0651. The Kier molecular flexibility index (Phi) is 5.42. The smallest absolute Gasteiger partial charge is 0.195 e.